The highest BCUT2D eigenvalue weighted by atomic mass is 16.5. The van der Waals surface area contributed by atoms with Crippen LogP contribution in [0.2, 0.25) is 0 Å². The van der Waals surface area contributed by atoms with E-state index in [0.29, 0.717) is 33.6 Å². The molecule has 0 aliphatic rings. The van der Waals surface area contributed by atoms with Gasteiger partial charge in [-0.15, -0.1) is 0 Å². The van der Waals surface area contributed by atoms with Crippen molar-refractivity contribution in [3.8, 4) is 17.1 Å². The second-order valence-electron chi connectivity index (χ2n) is 5.57. The van der Waals surface area contributed by atoms with Gasteiger partial charge in [0.25, 0.3) is 5.56 Å². The van der Waals surface area contributed by atoms with Crippen LogP contribution >= 0.6 is 0 Å². The molecule has 3 aromatic rings. The monoisotopic (exact) mass is 338 g/mol. The third kappa shape index (κ3) is 3.24. The van der Waals surface area contributed by atoms with Crippen LogP contribution < -0.4 is 10.3 Å². The zero-order chi connectivity index (χ0) is 18.0. The number of esters is 1. The largest absolute Gasteiger partial charge is 0.496 e. The number of nitrogens with one attached hydrogen (secondary N) is 1. The van der Waals surface area contributed by atoms with Crippen LogP contribution in [0.4, 0.5) is 0 Å². The highest BCUT2D eigenvalue weighted by Gasteiger charge is 2.13. The molecule has 0 spiro atoms. The van der Waals surface area contributed by atoms with E-state index in [4.69, 9.17) is 9.47 Å². The predicted octanol–water partition coefficient (Wildman–Crippen LogP) is 3.08. The molecule has 0 fully saturated rings. The molecule has 0 saturated carbocycles. The van der Waals surface area contributed by atoms with Crippen molar-refractivity contribution in [1.29, 1.82) is 0 Å². The lowest BCUT2D eigenvalue weighted by atomic mass is 10.1. The first kappa shape index (κ1) is 16.7. The molecule has 0 aliphatic heterocycles. The molecule has 0 unspecified atom stereocenters. The molecule has 128 valence electrons. The number of ether oxygens (including phenoxy) is 2. The Hall–Kier alpha value is -3.15. The Kier molecular flexibility index (Phi) is 4.52. The number of hydrogen-bond acceptors (Lipinski definition) is 5. The molecule has 0 atom stereocenters. The number of carbonyl (C=O) groups is 1. The molecule has 25 heavy (non-hydrogen) atoms. The van der Waals surface area contributed by atoms with Gasteiger partial charge >= 0.3 is 5.97 Å². The summed E-state index contributed by atoms with van der Waals surface area (Å²) in [6.07, 6.45) is 0. The average Bonchev–Trinajstić information content (AvgIpc) is 2.61. The van der Waals surface area contributed by atoms with Crippen LogP contribution in [0.3, 0.4) is 0 Å². The normalized spacial score (nSPS) is 10.7. The summed E-state index contributed by atoms with van der Waals surface area (Å²) in [5, 5.41) is 0.334. The lowest BCUT2D eigenvalue weighted by molar-refractivity contribution is 0.0526. The Labute approximate surface area is 144 Å². The van der Waals surface area contributed by atoms with Gasteiger partial charge in [0.05, 0.1) is 35.7 Å². The third-order valence-electron chi connectivity index (χ3n) is 3.83. The highest BCUT2D eigenvalue weighted by Crippen LogP contribution is 2.28. The fourth-order valence-corrected chi connectivity index (χ4v) is 2.61. The molecule has 3 rings (SSSR count). The van der Waals surface area contributed by atoms with Crippen LogP contribution in [-0.2, 0) is 4.74 Å². The quantitative estimate of drug-likeness (QED) is 0.739. The standard InChI is InChI=1S/C19H18N2O4/c1-4-25-19(23)12-6-7-15-13(10-12)18(22)21-17(20-15)14-9-11(2)5-8-16(14)24-3/h5-10H,4H2,1-3H3,(H,20,21,22). The Morgan fingerprint density at radius 3 is 2.72 bits per heavy atom. The molecule has 1 N–H and O–H groups in total. The van der Waals surface area contributed by atoms with E-state index in [1.54, 1.807) is 26.2 Å². The zero-order valence-corrected chi connectivity index (χ0v) is 14.3. The molecular weight excluding hydrogens is 320 g/mol. The van der Waals surface area contributed by atoms with Crippen molar-refractivity contribution in [3.63, 3.8) is 0 Å². The van der Waals surface area contributed by atoms with Gasteiger partial charge in [-0.05, 0) is 44.2 Å². The summed E-state index contributed by atoms with van der Waals surface area (Å²) in [6.45, 7) is 3.96. The SMILES string of the molecule is CCOC(=O)c1ccc2nc(-c3cc(C)ccc3OC)[nH]c(=O)c2c1. The van der Waals surface area contributed by atoms with Gasteiger partial charge in [0.1, 0.15) is 11.6 Å². The molecule has 0 saturated heterocycles. The second-order valence-corrected chi connectivity index (χ2v) is 5.57. The van der Waals surface area contributed by atoms with E-state index in [0.717, 1.165) is 5.56 Å². The van der Waals surface area contributed by atoms with E-state index in [2.05, 4.69) is 9.97 Å². The van der Waals surface area contributed by atoms with Crippen LogP contribution in [0.15, 0.2) is 41.2 Å². The maximum absolute atomic E-state index is 12.5. The van der Waals surface area contributed by atoms with Crippen LogP contribution in [0.1, 0.15) is 22.8 Å². The fraction of sp³-hybridized carbons (Fsp3) is 0.211. The van der Waals surface area contributed by atoms with Crippen LogP contribution in [0, 0.1) is 6.92 Å². The van der Waals surface area contributed by atoms with Crippen molar-refractivity contribution in [2.45, 2.75) is 13.8 Å². The topological polar surface area (TPSA) is 81.3 Å². The lowest BCUT2D eigenvalue weighted by Crippen LogP contribution is -2.12. The number of hydrogen-bond donors (Lipinski definition) is 1. The van der Waals surface area contributed by atoms with E-state index in [1.807, 2.05) is 25.1 Å². The van der Waals surface area contributed by atoms with Crippen molar-refractivity contribution in [1.82, 2.24) is 9.97 Å². The molecule has 0 bridgehead atoms. The zero-order valence-electron chi connectivity index (χ0n) is 14.3. The number of rotatable bonds is 4. The number of H-pyrrole nitrogens is 1. The molecule has 6 heteroatoms. The summed E-state index contributed by atoms with van der Waals surface area (Å²) in [5.74, 6) is 0.575. The Morgan fingerprint density at radius 1 is 1.20 bits per heavy atom. The van der Waals surface area contributed by atoms with Crippen molar-refractivity contribution in [2.24, 2.45) is 0 Å². The summed E-state index contributed by atoms with van der Waals surface area (Å²) in [6, 6.07) is 10.4. The van der Waals surface area contributed by atoms with Gasteiger partial charge in [0.15, 0.2) is 0 Å². The minimum Gasteiger partial charge on any atom is -0.496 e. The predicted molar refractivity (Wildman–Crippen MR) is 95.0 cm³/mol. The molecular formula is C19H18N2O4. The number of fused-ring (bicyclic) bond motifs is 1. The summed E-state index contributed by atoms with van der Waals surface area (Å²) in [4.78, 5) is 31.6. The summed E-state index contributed by atoms with van der Waals surface area (Å²) in [7, 11) is 1.57. The van der Waals surface area contributed by atoms with Crippen LogP contribution in [0.5, 0.6) is 5.75 Å². The van der Waals surface area contributed by atoms with Crippen LogP contribution in [0.25, 0.3) is 22.3 Å². The molecule has 1 heterocycles. The van der Waals surface area contributed by atoms with Gasteiger partial charge in [0, 0.05) is 0 Å². The minimum absolute atomic E-state index is 0.275. The van der Waals surface area contributed by atoms with Crippen molar-refractivity contribution in [3.05, 3.63) is 57.9 Å². The van der Waals surface area contributed by atoms with Crippen LogP contribution in [-0.4, -0.2) is 29.7 Å². The van der Waals surface area contributed by atoms with Gasteiger partial charge < -0.3 is 14.5 Å². The van der Waals surface area contributed by atoms with Gasteiger partial charge in [-0.25, -0.2) is 9.78 Å². The van der Waals surface area contributed by atoms with E-state index in [-0.39, 0.29) is 12.2 Å². The molecule has 0 amide bonds. The maximum atomic E-state index is 12.5. The van der Waals surface area contributed by atoms with Gasteiger partial charge in [-0.1, -0.05) is 11.6 Å². The fourth-order valence-electron chi connectivity index (χ4n) is 2.61. The van der Waals surface area contributed by atoms with E-state index >= 15 is 0 Å². The van der Waals surface area contributed by atoms with Gasteiger partial charge in [-0.2, -0.15) is 0 Å². The number of aromatic nitrogens is 2. The maximum Gasteiger partial charge on any atom is 0.338 e. The lowest BCUT2D eigenvalue weighted by Gasteiger charge is -2.10. The van der Waals surface area contributed by atoms with E-state index < -0.39 is 5.97 Å². The van der Waals surface area contributed by atoms with Crippen molar-refractivity contribution >= 4 is 16.9 Å². The Bertz CT molecular complexity index is 1010. The molecule has 6 nitrogen and oxygen atoms in total. The summed E-state index contributed by atoms with van der Waals surface area (Å²) < 4.78 is 10.3. The first-order valence-electron chi connectivity index (χ1n) is 7.89. The smallest absolute Gasteiger partial charge is 0.338 e. The number of aryl methyl sites for hydroxylation is 1. The number of nitrogens with zero attached hydrogens (tertiary/aromatic N) is 1. The molecule has 1 aromatic heterocycles. The molecule has 0 radical (unpaired) electrons. The van der Waals surface area contributed by atoms with Gasteiger partial charge in [-0.3, -0.25) is 4.79 Å². The Morgan fingerprint density at radius 2 is 2.00 bits per heavy atom. The first-order valence-corrected chi connectivity index (χ1v) is 7.89. The first-order chi connectivity index (χ1) is 12.0. The summed E-state index contributed by atoms with van der Waals surface area (Å²) in [5.41, 5.74) is 2.22. The van der Waals surface area contributed by atoms with Crippen molar-refractivity contribution < 1.29 is 14.3 Å². The number of carbonyl (C=O) groups excluding carboxylic acids is 1. The third-order valence-corrected chi connectivity index (χ3v) is 3.83. The van der Waals surface area contributed by atoms with Crippen molar-refractivity contribution in [2.75, 3.05) is 13.7 Å². The minimum atomic E-state index is -0.465. The average molecular weight is 338 g/mol. The summed E-state index contributed by atoms with van der Waals surface area (Å²) >= 11 is 0. The van der Waals surface area contributed by atoms with E-state index in [1.165, 1.54) is 6.07 Å². The number of benzene rings is 2. The molecule has 0 aliphatic carbocycles. The highest BCUT2D eigenvalue weighted by molar-refractivity contribution is 5.94. The molecule has 2 aromatic carbocycles. The number of methoxy groups -OCH3 is 1. The number of aromatic amines is 1. The van der Waals surface area contributed by atoms with Gasteiger partial charge in [0.2, 0.25) is 0 Å². The van der Waals surface area contributed by atoms with E-state index in [9.17, 15) is 9.59 Å². The Balaban J connectivity index is 2.15. The second kappa shape index (κ2) is 6.76.